The molecule has 0 atom stereocenters. The Morgan fingerprint density at radius 1 is 1.15 bits per heavy atom. The Labute approximate surface area is 157 Å². The Hall–Kier alpha value is -1.96. The first-order valence-corrected chi connectivity index (χ1v) is 10.7. The maximum absolute atomic E-state index is 11.5. The summed E-state index contributed by atoms with van der Waals surface area (Å²) in [7, 11) is 0.332. The normalized spacial score (nSPS) is 11.9. The molecule has 0 spiro atoms. The van der Waals surface area contributed by atoms with Gasteiger partial charge in [-0.1, -0.05) is 13.0 Å². The lowest BCUT2D eigenvalue weighted by Crippen LogP contribution is -2.40. The Kier molecular flexibility index (Phi) is 9.87. The molecular weight excluding hydrogens is 354 g/mol. The lowest BCUT2D eigenvalue weighted by molar-refractivity contribution is 0.310. The molecule has 0 aromatic heterocycles. The van der Waals surface area contributed by atoms with Crippen LogP contribution in [0.3, 0.4) is 0 Å². The second-order valence-corrected chi connectivity index (χ2v) is 8.16. The molecule has 0 fully saturated rings. The quantitative estimate of drug-likeness (QED) is 0.342. The number of aryl methyl sites for hydroxylation is 1. The Balaban J connectivity index is 2.39. The Morgan fingerprint density at radius 2 is 1.88 bits per heavy atom. The van der Waals surface area contributed by atoms with E-state index < -0.39 is 9.84 Å². The van der Waals surface area contributed by atoms with Crippen LogP contribution in [0.5, 0.6) is 11.5 Å². The van der Waals surface area contributed by atoms with Crippen molar-refractivity contribution >= 4 is 15.8 Å². The summed E-state index contributed by atoms with van der Waals surface area (Å²) in [4.78, 5) is 4.10. The zero-order valence-corrected chi connectivity index (χ0v) is 17.0. The molecular formula is C18H31N3O4S. The number of hydrogen-bond acceptors (Lipinski definition) is 5. The van der Waals surface area contributed by atoms with Crippen LogP contribution in [0.1, 0.15) is 25.8 Å². The fraction of sp³-hybridized carbons (Fsp3) is 0.611. The number of ether oxygens (including phenoxy) is 2. The molecule has 0 heterocycles. The molecule has 8 heteroatoms. The third-order valence-corrected chi connectivity index (χ3v) is 5.54. The number of sulfone groups is 1. The van der Waals surface area contributed by atoms with Gasteiger partial charge in [0.05, 0.1) is 19.5 Å². The zero-order valence-electron chi connectivity index (χ0n) is 16.2. The third kappa shape index (κ3) is 7.95. The largest absolute Gasteiger partial charge is 0.493 e. The van der Waals surface area contributed by atoms with Crippen molar-refractivity contribution in [2.45, 2.75) is 26.7 Å². The van der Waals surface area contributed by atoms with Gasteiger partial charge in [-0.05, 0) is 37.5 Å². The van der Waals surface area contributed by atoms with E-state index in [2.05, 4.69) is 15.6 Å². The minimum atomic E-state index is -2.97. The molecule has 0 saturated heterocycles. The van der Waals surface area contributed by atoms with Crippen molar-refractivity contribution < 1.29 is 17.9 Å². The second-order valence-electron chi connectivity index (χ2n) is 5.68. The van der Waals surface area contributed by atoms with Crippen LogP contribution in [-0.2, 0) is 16.3 Å². The second kappa shape index (κ2) is 11.6. The molecule has 7 nitrogen and oxygen atoms in total. The SMILES string of the molecule is CCOc1cc(CCCNC(=NC)NCCS(=O)(=O)CC)ccc1OC. The summed E-state index contributed by atoms with van der Waals surface area (Å²) >= 11 is 0. The van der Waals surface area contributed by atoms with Crippen molar-refractivity contribution in [1.29, 1.82) is 0 Å². The number of rotatable bonds is 11. The van der Waals surface area contributed by atoms with Gasteiger partial charge in [-0.2, -0.15) is 0 Å². The van der Waals surface area contributed by atoms with Gasteiger partial charge in [0.1, 0.15) is 0 Å². The molecule has 148 valence electrons. The topological polar surface area (TPSA) is 89.0 Å². The molecule has 0 amide bonds. The molecule has 26 heavy (non-hydrogen) atoms. The maximum Gasteiger partial charge on any atom is 0.191 e. The van der Waals surface area contributed by atoms with Crippen molar-refractivity contribution in [2.75, 3.05) is 45.4 Å². The molecule has 0 aliphatic rings. The fourth-order valence-corrected chi connectivity index (χ4v) is 3.04. The van der Waals surface area contributed by atoms with Gasteiger partial charge in [0.25, 0.3) is 0 Å². The molecule has 0 saturated carbocycles. The molecule has 1 aromatic carbocycles. The van der Waals surface area contributed by atoms with E-state index in [9.17, 15) is 8.42 Å². The van der Waals surface area contributed by atoms with Crippen LogP contribution in [0.2, 0.25) is 0 Å². The van der Waals surface area contributed by atoms with Crippen LogP contribution in [0.4, 0.5) is 0 Å². The number of methoxy groups -OCH3 is 1. The predicted octanol–water partition coefficient (Wildman–Crippen LogP) is 1.63. The highest BCUT2D eigenvalue weighted by molar-refractivity contribution is 7.91. The summed E-state index contributed by atoms with van der Waals surface area (Å²) in [5, 5.41) is 6.22. The summed E-state index contributed by atoms with van der Waals surface area (Å²) in [6, 6.07) is 5.96. The van der Waals surface area contributed by atoms with E-state index in [4.69, 9.17) is 9.47 Å². The van der Waals surface area contributed by atoms with E-state index in [0.29, 0.717) is 19.1 Å². The van der Waals surface area contributed by atoms with Gasteiger partial charge in [-0.25, -0.2) is 8.42 Å². The van der Waals surface area contributed by atoms with E-state index in [1.165, 1.54) is 5.56 Å². The molecule has 1 aromatic rings. The van der Waals surface area contributed by atoms with E-state index in [0.717, 1.165) is 30.9 Å². The van der Waals surface area contributed by atoms with Crippen LogP contribution in [0.15, 0.2) is 23.2 Å². The molecule has 2 N–H and O–H groups in total. The lowest BCUT2D eigenvalue weighted by Gasteiger charge is -2.13. The molecule has 0 aliphatic heterocycles. The Morgan fingerprint density at radius 3 is 2.50 bits per heavy atom. The van der Waals surface area contributed by atoms with Crippen molar-refractivity contribution in [3.63, 3.8) is 0 Å². The number of benzene rings is 1. The molecule has 0 bridgehead atoms. The van der Waals surface area contributed by atoms with Gasteiger partial charge in [0.15, 0.2) is 27.3 Å². The summed E-state index contributed by atoms with van der Waals surface area (Å²) in [5.74, 6) is 2.37. The smallest absolute Gasteiger partial charge is 0.191 e. The van der Waals surface area contributed by atoms with Crippen molar-refractivity contribution in [3.05, 3.63) is 23.8 Å². The first-order valence-electron chi connectivity index (χ1n) is 8.90. The van der Waals surface area contributed by atoms with E-state index in [1.807, 2.05) is 25.1 Å². The van der Waals surface area contributed by atoms with Crippen LogP contribution < -0.4 is 20.1 Å². The van der Waals surface area contributed by atoms with Gasteiger partial charge in [-0.15, -0.1) is 0 Å². The van der Waals surface area contributed by atoms with E-state index in [-0.39, 0.29) is 11.5 Å². The Bertz CT molecular complexity index is 675. The molecule has 1 rings (SSSR count). The summed E-state index contributed by atoms with van der Waals surface area (Å²) in [6.45, 7) is 5.28. The molecule has 0 aliphatic carbocycles. The van der Waals surface area contributed by atoms with Crippen LogP contribution in [0.25, 0.3) is 0 Å². The number of aliphatic imine (C=N–C) groups is 1. The average molecular weight is 386 g/mol. The van der Waals surface area contributed by atoms with Gasteiger partial charge >= 0.3 is 0 Å². The number of guanidine groups is 1. The van der Waals surface area contributed by atoms with Crippen LogP contribution in [0, 0.1) is 0 Å². The number of hydrogen-bond donors (Lipinski definition) is 2. The fourth-order valence-electron chi connectivity index (χ4n) is 2.33. The third-order valence-electron chi connectivity index (χ3n) is 3.83. The summed E-state index contributed by atoms with van der Waals surface area (Å²) < 4.78 is 33.9. The standard InChI is InChI=1S/C18H31N3O4S/c1-5-25-17-14-15(9-10-16(17)24-4)8-7-11-20-18(19-3)21-12-13-26(22,23)6-2/h9-10,14H,5-8,11-13H2,1-4H3,(H2,19,20,21). The zero-order chi connectivity index (χ0) is 19.4. The lowest BCUT2D eigenvalue weighted by atomic mass is 10.1. The first-order chi connectivity index (χ1) is 12.5. The van der Waals surface area contributed by atoms with Gasteiger partial charge in [-0.3, -0.25) is 4.99 Å². The number of nitrogens with zero attached hydrogens (tertiary/aromatic N) is 1. The van der Waals surface area contributed by atoms with Crippen molar-refractivity contribution in [1.82, 2.24) is 10.6 Å². The molecule has 0 radical (unpaired) electrons. The number of nitrogens with one attached hydrogen (secondary N) is 2. The monoisotopic (exact) mass is 385 g/mol. The molecule has 0 unspecified atom stereocenters. The van der Waals surface area contributed by atoms with Crippen LogP contribution in [-0.4, -0.2) is 59.7 Å². The van der Waals surface area contributed by atoms with E-state index >= 15 is 0 Å². The van der Waals surface area contributed by atoms with Crippen molar-refractivity contribution in [3.8, 4) is 11.5 Å². The van der Waals surface area contributed by atoms with Gasteiger partial charge < -0.3 is 20.1 Å². The summed E-state index contributed by atoms with van der Waals surface area (Å²) in [5.41, 5.74) is 1.17. The van der Waals surface area contributed by atoms with Gasteiger partial charge in [0, 0.05) is 25.9 Å². The van der Waals surface area contributed by atoms with E-state index in [1.54, 1.807) is 21.1 Å². The highest BCUT2D eigenvalue weighted by Crippen LogP contribution is 2.28. The van der Waals surface area contributed by atoms with Crippen LogP contribution >= 0.6 is 0 Å². The maximum atomic E-state index is 11.5. The average Bonchev–Trinajstić information content (AvgIpc) is 2.64. The first kappa shape index (κ1) is 22.1. The predicted molar refractivity (Wildman–Crippen MR) is 106 cm³/mol. The summed E-state index contributed by atoms with van der Waals surface area (Å²) in [6.07, 6.45) is 1.80. The highest BCUT2D eigenvalue weighted by atomic mass is 32.2. The minimum absolute atomic E-state index is 0.107. The minimum Gasteiger partial charge on any atom is -0.493 e. The van der Waals surface area contributed by atoms with Crippen molar-refractivity contribution in [2.24, 2.45) is 4.99 Å². The van der Waals surface area contributed by atoms with Gasteiger partial charge in [0.2, 0.25) is 0 Å². The highest BCUT2D eigenvalue weighted by Gasteiger charge is 2.08.